The first-order valence-corrected chi connectivity index (χ1v) is 7.25. The van der Waals surface area contributed by atoms with Gasteiger partial charge in [-0.1, -0.05) is 30.3 Å². The summed E-state index contributed by atoms with van der Waals surface area (Å²) in [6, 6.07) is 11.4. The lowest BCUT2D eigenvalue weighted by Gasteiger charge is -2.34. The molecule has 1 fully saturated rings. The highest BCUT2D eigenvalue weighted by Gasteiger charge is 2.24. The second-order valence-corrected chi connectivity index (χ2v) is 6.25. The van der Waals surface area contributed by atoms with Crippen LogP contribution in [0.4, 0.5) is 0 Å². The summed E-state index contributed by atoms with van der Waals surface area (Å²) in [5.74, 6) is 2.62. The first-order chi connectivity index (χ1) is 7.68. The summed E-state index contributed by atoms with van der Waals surface area (Å²) in [5, 5.41) is 3.80. The van der Waals surface area contributed by atoms with Gasteiger partial charge in [0.15, 0.2) is 0 Å². The van der Waals surface area contributed by atoms with Crippen molar-refractivity contribution < 1.29 is 0 Å². The monoisotopic (exact) mass is 235 g/mol. The minimum Gasteiger partial charge on any atom is -0.305 e. The summed E-state index contributed by atoms with van der Waals surface area (Å²) in [7, 11) is 0. The lowest BCUT2D eigenvalue weighted by atomic mass is 9.92. The van der Waals surface area contributed by atoms with E-state index in [0.29, 0.717) is 6.04 Å². The second kappa shape index (κ2) is 5.24. The second-order valence-electron chi connectivity index (χ2n) is 5.02. The van der Waals surface area contributed by atoms with E-state index in [9.17, 15) is 0 Å². The van der Waals surface area contributed by atoms with Gasteiger partial charge in [0, 0.05) is 11.6 Å². The molecule has 0 aliphatic carbocycles. The average molecular weight is 235 g/mol. The summed E-state index contributed by atoms with van der Waals surface area (Å²) in [6.07, 6.45) is 2.61. The Labute approximate surface area is 103 Å². The molecular formula is C14H21NS. The van der Waals surface area contributed by atoms with Gasteiger partial charge in [-0.05, 0) is 43.8 Å². The first-order valence-electron chi connectivity index (χ1n) is 6.09. The van der Waals surface area contributed by atoms with Gasteiger partial charge in [0.25, 0.3) is 0 Å². The van der Waals surface area contributed by atoms with Gasteiger partial charge in [-0.15, -0.1) is 0 Å². The molecule has 0 radical (unpaired) electrons. The molecule has 1 aromatic rings. The Morgan fingerprint density at radius 1 is 1.12 bits per heavy atom. The van der Waals surface area contributed by atoms with Gasteiger partial charge in [0.05, 0.1) is 0 Å². The van der Waals surface area contributed by atoms with Crippen LogP contribution in [0.2, 0.25) is 0 Å². The van der Waals surface area contributed by atoms with Crippen LogP contribution in [-0.4, -0.2) is 17.5 Å². The number of nitrogens with one attached hydrogen (secondary N) is 1. The van der Waals surface area contributed by atoms with Gasteiger partial charge in [0.1, 0.15) is 0 Å². The summed E-state index contributed by atoms with van der Waals surface area (Å²) in [5.41, 5.74) is 1.47. The van der Waals surface area contributed by atoms with Crippen molar-refractivity contribution >= 4 is 11.8 Å². The standard InChI is InChI=1S/C14H21NS/c1-14(2,12-6-4-3-5-7-12)15-13-8-10-16-11-9-13/h3-7,13,15H,8-11H2,1-2H3. The van der Waals surface area contributed by atoms with Crippen LogP contribution in [-0.2, 0) is 5.54 Å². The molecule has 0 saturated carbocycles. The van der Waals surface area contributed by atoms with Crippen molar-refractivity contribution in [2.24, 2.45) is 0 Å². The SMILES string of the molecule is CC(C)(NC1CCSCC1)c1ccccc1. The van der Waals surface area contributed by atoms with Crippen molar-refractivity contribution in [1.82, 2.24) is 5.32 Å². The predicted molar refractivity (Wildman–Crippen MR) is 73.0 cm³/mol. The molecule has 0 spiro atoms. The van der Waals surface area contributed by atoms with E-state index in [1.165, 1.54) is 29.9 Å². The zero-order valence-corrected chi connectivity index (χ0v) is 11.0. The molecule has 88 valence electrons. The zero-order valence-electron chi connectivity index (χ0n) is 10.2. The molecular weight excluding hydrogens is 214 g/mol. The van der Waals surface area contributed by atoms with Crippen LogP contribution in [0.1, 0.15) is 32.3 Å². The molecule has 1 saturated heterocycles. The molecule has 2 rings (SSSR count). The van der Waals surface area contributed by atoms with Crippen LogP contribution >= 0.6 is 11.8 Å². The fourth-order valence-corrected chi connectivity index (χ4v) is 3.40. The normalized spacial score (nSPS) is 18.6. The molecule has 1 N–H and O–H groups in total. The molecule has 1 nitrogen and oxygen atoms in total. The van der Waals surface area contributed by atoms with Crippen LogP contribution in [0.15, 0.2) is 30.3 Å². The topological polar surface area (TPSA) is 12.0 Å². The van der Waals surface area contributed by atoms with Crippen LogP contribution in [0.25, 0.3) is 0 Å². The van der Waals surface area contributed by atoms with E-state index >= 15 is 0 Å². The van der Waals surface area contributed by atoms with E-state index in [4.69, 9.17) is 0 Å². The molecule has 0 atom stereocenters. The fourth-order valence-electron chi connectivity index (χ4n) is 2.29. The summed E-state index contributed by atoms with van der Waals surface area (Å²) >= 11 is 2.08. The Morgan fingerprint density at radius 3 is 2.38 bits per heavy atom. The number of rotatable bonds is 3. The van der Waals surface area contributed by atoms with E-state index < -0.39 is 0 Å². The maximum atomic E-state index is 3.80. The highest BCUT2D eigenvalue weighted by atomic mass is 32.2. The van der Waals surface area contributed by atoms with E-state index in [0.717, 1.165) is 0 Å². The highest BCUT2D eigenvalue weighted by Crippen LogP contribution is 2.24. The Hall–Kier alpha value is -0.470. The molecule has 0 unspecified atom stereocenters. The van der Waals surface area contributed by atoms with Crippen molar-refractivity contribution in [3.8, 4) is 0 Å². The number of hydrogen-bond acceptors (Lipinski definition) is 2. The third kappa shape index (κ3) is 3.02. The van der Waals surface area contributed by atoms with Crippen molar-refractivity contribution in [1.29, 1.82) is 0 Å². The van der Waals surface area contributed by atoms with Crippen LogP contribution < -0.4 is 5.32 Å². The van der Waals surface area contributed by atoms with Crippen molar-refractivity contribution in [3.05, 3.63) is 35.9 Å². The molecule has 16 heavy (non-hydrogen) atoms. The van der Waals surface area contributed by atoms with Crippen LogP contribution in [0.3, 0.4) is 0 Å². The molecule has 0 aromatic heterocycles. The molecule has 2 heteroatoms. The predicted octanol–water partition coefficient (Wildman–Crippen LogP) is 3.41. The molecule has 0 bridgehead atoms. The minimum atomic E-state index is 0.0912. The molecule has 1 aliphatic rings. The van der Waals surface area contributed by atoms with Gasteiger partial charge in [-0.3, -0.25) is 0 Å². The van der Waals surface area contributed by atoms with Crippen LogP contribution in [0.5, 0.6) is 0 Å². The summed E-state index contributed by atoms with van der Waals surface area (Å²) in [6.45, 7) is 4.56. The van der Waals surface area contributed by atoms with Crippen molar-refractivity contribution in [3.63, 3.8) is 0 Å². The molecule has 1 heterocycles. The highest BCUT2D eigenvalue weighted by molar-refractivity contribution is 7.99. The Bertz CT molecular complexity index is 315. The largest absolute Gasteiger partial charge is 0.305 e. The molecule has 1 aliphatic heterocycles. The van der Waals surface area contributed by atoms with Crippen LogP contribution in [0, 0.1) is 0 Å². The van der Waals surface area contributed by atoms with E-state index in [1.807, 2.05) is 0 Å². The number of benzene rings is 1. The summed E-state index contributed by atoms with van der Waals surface area (Å²) in [4.78, 5) is 0. The lowest BCUT2D eigenvalue weighted by Crippen LogP contribution is -2.45. The van der Waals surface area contributed by atoms with E-state index in [2.05, 4.69) is 61.3 Å². The maximum Gasteiger partial charge on any atom is 0.0379 e. The first kappa shape index (κ1) is 12.0. The third-order valence-electron chi connectivity index (χ3n) is 3.28. The van der Waals surface area contributed by atoms with Gasteiger partial charge in [-0.2, -0.15) is 11.8 Å². The van der Waals surface area contributed by atoms with Gasteiger partial charge in [0.2, 0.25) is 0 Å². The Kier molecular flexibility index (Phi) is 3.93. The lowest BCUT2D eigenvalue weighted by molar-refractivity contribution is 0.327. The average Bonchev–Trinajstić information content (AvgIpc) is 2.31. The quantitative estimate of drug-likeness (QED) is 0.861. The maximum absolute atomic E-state index is 3.80. The smallest absolute Gasteiger partial charge is 0.0379 e. The van der Waals surface area contributed by atoms with Gasteiger partial charge >= 0.3 is 0 Å². The van der Waals surface area contributed by atoms with Crippen molar-refractivity contribution in [2.45, 2.75) is 38.3 Å². The Balaban J connectivity index is 2.01. The van der Waals surface area contributed by atoms with Gasteiger partial charge < -0.3 is 5.32 Å². The van der Waals surface area contributed by atoms with E-state index in [1.54, 1.807) is 0 Å². The van der Waals surface area contributed by atoms with E-state index in [-0.39, 0.29) is 5.54 Å². The molecule has 0 amide bonds. The van der Waals surface area contributed by atoms with Crippen molar-refractivity contribution in [2.75, 3.05) is 11.5 Å². The number of hydrogen-bond donors (Lipinski definition) is 1. The minimum absolute atomic E-state index is 0.0912. The zero-order chi connectivity index (χ0) is 11.4. The fraction of sp³-hybridized carbons (Fsp3) is 0.571. The third-order valence-corrected chi connectivity index (χ3v) is 4.33. The Morgan fingerprint density at radius 2 is 1.75 bits per heavy atom. The number of thioether (sulfide) groups is 1. The van der Waals surface area contributed by atoms with Gasteiger partial charge in [-0.25, -0.2) is 0 Å². The molecule has 1 aromatic carbocycles. The summed E-state index contributed by atoms with van der Waals surface area (Å²) < 4.78 is 0.